The van der Waals surface area contributed by atoms with Gasteiger partial charge < -0.3 is 8.85 Å². The Bertz CT molecular complexity index is 769. The van der Waals surface area contributed by atoms with Crippen molar-refractivity contribution in [3.8, 4) is 0 Å². The zero-order valence-corrected chi connectivity index (χ0v) is 26.4. The molecule has 0 radical (unpaired) electrons. The molecule has 0 aliphatic heterocycles. The molecule has 200 valence electrons. The van der Waals surface area contributed by atoms with Crippen molar-refractivity contribution >= 4 is 8.56 Å². The van der Waals surface area contributed by atoms with Crippen LogP contribution in [0.2, 0.25) is 10.1 Å². The molecule has 0 unspecified atom stereocenters. The molecule has 2 nitrogen and oxygen atoms in total. The Morgan fingerprint density at radius 1 is 0.429 bits per heavy atom. The van der Waals surface area contributed by atoms with E-state index in [-0.39, 0.29) is 10.1 Å². The van der Waals surface area contributed by atoms with Crippen molar-refractivity contribution in [2.75, 3.05) is 14.2 Å². The number of allylic oxidation sites excluding steroid dienone is 8. The summed E-state index contributed by atoms with van der Waals surface area (Å²) in [5, 5.41) is -0.259. The smallest absolute Gasteiger partial charge is 0.367 e. The third-order valence-corrected chi connectivity index (χ3v) is 15.1. The first-order chi connectivity index (χ1) is 16.8. The first kappa shape index (κ1) is 30.3. The highest BCUT2D eigenvalue weighted by molar-refractivity contribution is 6.77. The Balaban J connectivity index is 3.25. The van der Waals surface area contributed by atoms with Gasteiger partial charge in [0.05, 0.1) is 10.1 Å². The Hall–Kier alpha value is -0.903. The fourth-order valence-electron chi connectivity index (χ4n) is 9.15. The summed E-state index contributed by atoms with van der Waals surface area (Å²) in [6.07, 6.45) is 10.8. The second-order valence-corrected chi connectivity index (χ2v) is 14.0. The van der Waals surface area contributed by atoms with E-state index in [9.17, 15) is 0 Å². The molecule has 2 rings (SSSR count). The topological polar surface area (TPSA) is 18.5 Å². The van der Waals surface area contributed by atoms with Gasteiger partial charge in [-0.15, -0.1) is 0 Å². The lowest BCUT2D eigenvalue weighted by Crippen LogP contribution is -2.62. The lowest BCUT2D eigenvalue weighted by atomic mass is 9.85. The molecule has 2 aliphatic rings. The molecule has 0 fully saturated rings. The van der Waals surface area contributed by atoms with Crippen LogP contribution in [0.3, 0.4) is 0 Å². The predicted octanol–water partition coefficient (Wildman–Crippen LogP) is 10.5. The van der Waals surface area contributed by atoms with Crippen LogP contribution in [0.4, 0.5) is 0 Å². The number of hydrogen-bond donors (Lipinski definition) is 0. The van der Waals surface area contributed by atoms with Gasteiger partial charge in [0.15, 0.2) is 0 Å². The highest BCUT2D eigenvalue weighted by Gasteiger charge is 2.73. The van der Waals surface area contributed by atoms with Crippen molar-refractivity contribution in [1.29, 1.82) is 0 Å². The maximum absolute atomic E-state index is 7.12. The molecule has 0 bridgehead atoms. The fourth-order valence-corrected chi connectivity index (χ4v) is 15.3. The molecule has 0 saturated carbocycles. The molecule has 0 atom stereocenters. The van der Waals surface area contributed by atoms with Crippen molar-refractivity contribution in [3.63, 3.8) is 0 Å². The normalized spacial score (nSPS) is 20.2. The lowest BCUT2D eigenvalue weighted by molar-refractivity contribution is 0.188. The van der Waals surface area contributed by atoms with Gasteiger partial charge in [0, 0.05) is 14.2 Å². The highest BCUT2D eigenvalue weighted by Crippen LogP contribution is 2.75. The maximum atomic E-state index is 7.12. The SMILES string of the molecule is CCC1=C(CC)C(CC)([Si](OC)(OC)C2(CC)C(CC)=C(CC)C(CC)=C2CC)C(CC)=C1CC. The average molecular weight is 501 g/mol. The third kappa shape index (κ3) is 3.69. The first-order valence-electron chi connectivity index (χ1n) is 14.8. The van der Waals surface area contributed by atoms with Crippen molar-refractivity contribution in [2.45, 2.75) is 144 Å². The molecular weight excluding hydrogens is 444 g/mol. The molecule has 2 aliphatic carbocycles. The molecule has 3 heteroatoms. The van der Waals surface area contributed by atoms with Gasteiger partial charge in [-0.25, -0.2) is 0 Å². The molecule has 0 spiro atoms. The first-order valence-corrected chi connectivity index (χ1v) is 16.6. The van der Waals surface area contributed by atoms with Crippen LogP contribution in [0.25, 0.3) is 0 Å². The van der Waals surface area contributed by atoms with E-state index >= 15 is 0 Å². The van der Waals surface area contributed by atoms with Crippen LogP contribution in [-0.2, 0) is 8.85 Å². The van der Waals surface area contributed by atoms with Gasteiger partial charge in [0.1, 0.15) is 0 Å². The van der Waals surface area contributed by atoms with Crippen LogP contribution in [-0.4, -0.2) is 22.8 Å². The van der Waals surface area contributed by atoms with Crippen LogP contribution < -0.4 is 0 Å². The van der Waals surface area contributed by atoms with E-state index in [2.05, 4.69) is 69.2 Å². The molecule has 35 heavy (non-hydrogen) atoms. The van der Waals surface area contributed by atoms with Crippen molar-refractivity contribution in [3.05, 3.63) is 44.6 Å². The summed E-state index contributed by atoms with van der Waals surface area (Å²) in [6, 6.07) is 0. The standard InChI is InChI=1S/C32H56O2Si/c1-13-23-24(14-2)28(18-6)31(21-9,27(23)17-5)35(33-11,34-12)32(22-10)29(19-7)25(15-3)26(16-4)30(32)20-8/h13-22H2,1-12H3. The van der Waals surface area contributed by atoms with Crippen LogP contribution >= 0.6 is 0 Å². The van der Waals surface area contributed by atoms with Gasteiger partial charge in [0.2, 0.25) is 0 Å². The fraction of sp³-hybridized carbons (Fsp3) is 0.750. The lowest BCUT2D eigenvalue weighted by Gasteiger charge is -2.57. The maximum Gasteiger partial charge on any atom is 0.367 e. The molecule has 0 aromatic heterocycles. The minimum atomic E-state index is -2.98. The van der Waals surface area contributed by atoms with E-state index < -0.39 is 8.56 Å². The minimum Gasteiger partial charge on any atom is -0.396 e. The predicted molar refractivity (Wildman–Crippen MR) is 156 cm³/mol. The Morgan fingerprint density at radius 2 is 0.657 bits per heavy atom. The van der Waals surface area contributed by atoms with Gasteiger partial charge in [0.25, 0.3) is 0 Å². The van der Waals surface area contributed by atoms with Crippen LogP contribution in [0.1, 0.15) is 133 Å². The van der Waals surface area contributed by atoms with Crippen LogP contribution in [0.15, 0.2) is 44.6 Å². The number of hydrogen-bond acceptors (Lipinski definition) is 2. The van der Waals surface area contributed by atoms with Gasteiger partial charge in [-0.1, -0.05) is 91.5 Å². The van der Waals surface area contributed by atoms with E-state index in [0.29, 0.717) is 0 Å². The number of rotatable bonds is 14. The zero-order valence-electron chi connectivity index (χ0n) is 25.4. The molecule has 0 N–H and O–H groups in total. The van der Waals surface area contributed by atoms with E-state index in [1.165, 1.54) is 0 Å². The molecule has 0 aromatic rings. The van der Waals surface area contributed by atoms with Crippen molar-refractivity contribution in [2.24, 2.45) is 0 Å². The van der Waals surface area contributed by atoms with E-state index in [4.69, 9.17) is 8.85 Å². The summed E-state index contributed by atoms with van der Waals surface area (Å²) in [5.74, 6) is 0. The van der Waals surface area contributed by atoms with Crippen LogP contribution in [0, 0.1) is 0 Å². The summed E-state index contributed by atoms with van der Waals surface area (Å²) in [7, 11) is 1.02. The summed E-state index contributed by atoms with van der Waals surface area (Å²) < 4.78 is 14.2. The quantitative estimate of drug-likeness (QED) is 0.221. The molecular formula is C32H56O2Si. The van der Waals surface area contributed by atoms with Gasteiger partial charge >= 0.3 is 8.56 Å². The monoisotopic (exact) mass is 500 g/mol. The van der Waals surface area contributed by atoms with Crippen molar-refractivity contribution in [1.82, 2.24) is 0 Å². The van der Waals surface area contributed by atoms with Gasteiger partial charge in [-0.2, -0.15) is 0 Å². The Labute approximate surface area is 219 Å². The second kappa shape index (κ2) is 12.1. The summed E-state index contributed by atoms with van der Waals surface area (Å²) in [5.41, 5.74) is 13.0. The summed E-state index contributed by atoms with van der Waals surface area (Å²) in [4.78, 5) is 0. The molecule has 0 heterocycles. The Kier molecular flexibility index (Phi) is 10.5. The van der Waals surface area contributed by atoms with E-state index in [1.807, 2.05) is 14.2 Å². The van der Waals surface area contributed by atoms with Gasteiger partial charge in [-0.05, 0) is 86.5 Å². The van der Waals surface area contributed by atoms with E-state index in [1.54, 1.807) is 44.6 Å². The molecule has 0 aromatic carbocycles. The van der Waals surface area contributed by atoms with Crippen molar-refractivity contribution < 1.29 is 8.85 Å². The highest BCUT2D eigenvalue weighted by atomic mass is 28.4. The van der Waals surface area contributed by atoms with Crippen LogP contribution in [0.5, 0.6) is 0 Å². The summed E-state index contributed by atoms with van der Waals surface area (Å²) >= 11 is 0. The zero-order chi connectivity index (χ0) is 26.6. The molecule has 0 saturated heterocycles. The summed E-state index contributed by atoms with van der Waals surface area (Å²) in [6.45, 7) is 23.8. The average Bonchev–Trinajstić information content (AvgIpc) is 3.35. The minimum absolute atomic E-state index is 0.129. The second-order valence-electron chi connectivity index (χ2n) is 10.2. The molecule has 0 amide bonds. The largest absolute Gasteiger partial charge is 0.396 e. The Morgan fingerprint density at radius 3 is 0.771 bits per heavy atom. The van der Waals surface area contributed by atoms with E-state index in [0.717, 1.165) is 64.2 Å². The third-order valence-electron chi connectivity index (χ3n) is 9.83. The van der Waals surface area contributed by atoms with Gasteiger partial charge in [-0.3, -0.25) is 0 Å².